The third kappa shape index (κ3) is 2.79. The van der Waals surface area contributed by atoms with E-state index in [0.29, 0.717) is 0 Å². The molecule has 0 bridgehead atoms. The summed E-state index contributed by atoms with van der Waals surface area (Å²) in [5.74, 6) is 0.945. The molecule has 0 amide bonds. The summed E-state index contributed by atoms with van der Waals surface area (Å²) in [5.41, 5.74) is 3.74. The fourth-order valence-electron chi connectivity index (χ4n) is 3.82. The first-order valence-electron chi connectivity index (χ1n) is 8.00. The van der Waals surface area contributed by atoms with Crippen molar-refractivity contribution in [3.8, 4) is 5.75 Å². The summed E-state index contributed by atoms with van der Waals surface area (Å²) < 4.78 is 6.49. The van der Waals surface area contributed by atoms with Gasteiger partial charge in [-0.1, -0.05) is 42.8 Å². The fraction of sp³-hybridized carbons (Fsp3) is 0.368. The summed E-state index contributed by atoms with van der Waals surface area (Å²) in [6.45, 7) is 4.21. The lowest BCUT2D eigenvalue weighted by Gasteiger charge is -2.42. The lowest BCUT2D eigenvalue weighted by atomic mass is 9.79. The second-order valence-electron chi connectivity index (χ2n) is 6.36. The zero-order chi connectivity index (χ0) is 15.2. The van der Waals surface area contributed by atoms with E-state index in [2.05, 4.69) is 42.3 Å². The number of allylic oxidation sites excluding steroid dienone is 3. The van der Waals surface area contributed by atoms with Crippen LogP contribution >= 0.6 is 24.0 Å². The molecule has 0 fully saturated rings. The highest BCUT2D eigenvalue weighted by Crippen LogP contribution is 2.46. The summed E-state index contributed by atoms with van der Waals surface area (Å²) in [7, 11) is 0. The van der Waals surface area contributed by atoms with E-state index >= 15 is 0 Å². The van der Waals surface area contributed by atoms with Crippen LogP contribution in [0.4, 0.5) is 0 Å². The van der Waals surface area contributed by atoms with Gasteiger partial charge in [0.1, 0.15) is 5.75 Å². The van der Waals surface area contributed by atoms with Crippen molar-refractivity contribution in [3.63, 3.8) is 0 Å². The molecular formula is C19H21Cl2NO. The Labute approximate surface area is 148 Å². The Morgan fingerprint density at radius 2 is 2.22 bits per heavy atom. The van der Waals surface area contributed by atoms with Gasteiger partial charge in [-0.3, -0.25) is 0 Å². The van der Waals surface area contributed by atoms with Crippen LogP contribution in [0.15, 0.2) is 53.8 Å². The van der Waals surface area contributed by atoms with Gasteiger partial charge in [0.25, 0.3) is 0 Å². The number of halogens is 2. The average molecular weight is 350 g/mol. The number of ether oxygens (including phenoxy) is 1. The van der Waals surface area contributed by atoms with E-state index in [0.717, 1.165) is 43.1 Å². The maximum absolute atomic E-state index is 6.49. The summed E-state index contributed by atoms with van der Waals surface area (Å²) in [4.78, 5) is 2.42. The van der Waals surface area contributed by atoms with Crippen molar-refractivity contribution in [2.45, 2.75) is 31.8 Å². The van der Waals surface area contributed by atoms with E-state index in [4.69, 9.17) is 16.3 Å². The summed E-state index contributed by atoms with van der Waals surface area (Å²) in [6, 6.07) is 6.02. The first-order chi connectivity index (χ1) is 10.7. The zero-order valence-electron chi connectivity index (χ0n) is 13.2. The number of nitrogens with zero attached hydrogens (tertiary/aromatic N) is 1. The topological polar surface area (TPSA) is 12.5 Å². The summed E-state index contributed by atoms with van der Waals surface area (Å²) >= 11 is 6.14. The van der Waals surface area contributed by atoms with E-state index < -0.39 is 0 Å². The molecule has 1 atom stereocenters. The van der Waals surface area contributed by atoms with Gasteiger partial charge in [-0.25, -0.2) is 0 Å². The molecule has 122 valence electrons. The molecule has 0 N–H and O–H groups in total. The van der Waals surface area contributed by atoms with Gasteiger partial charge < -0.3 is 9.64 Å². The Hall–Kier alpha value is -1.38. The van der Waals surface area contributed by atoms with Crippen LogP contribution in [-0.4, -0.2) is 23.6 Å². The monoisotopic (exact) mass is 349 g/mol. The molecule has 23 heavy (non-hydrogen) atoms. The van der Waals surface area contributed by atoms with Crippen LogP contribution in [0, 0.1) is 0 Å². The SMILES string of the molecule is CCCN1C=C2CC=CC=C2C2(Cc3ccc(Cl)cc3O2)C1.Cl. The van der Waals surface area contributed by atoms with Gasteiger partial charge in [-0.2, -0.15) is 0 Å². The summed E-state index contributed by atoms with van der Waals surface area (Å²) in [5, 5.41) is 0.741. The largest absolute Gasteiger partial charge is 0.480 e. The third-order valence-electron chi connectivity index (χ3n) is 4.69. The molecule has 2 nitrogen and oxygen atoms in total. The molecule has 4 heteroatoms. The Morgan fingerprint density at radius 3 is 3.04 bits per heavy atom. The number of rotatable bonds is 2. The van der Waals surface area contributed by atoms with Gasteiger partial charge in [0, 0.05) is 29.8 Å². The molecule has 2 heterocycles. The molecule has 4 rings (SSSR count). The molecule has 1 aromatic carbocycles. The van der Waals surface area contributed by atoms with E-state index in [1.165, 1.54) is 16.7 Å². The fourth-order valence-corrected chi connectivity index (χ4v) is 3.98. The normalized spacial score (nSPS) is 24.3. The molecule has 1 spiro atoms. The molecule has 3 aliphatic rings. The quantitative estimate of drug-likeness (QED) is 0.750. The van der Waals surface area contributed by atoms with Crippen LogP contribution in [0.5, 0.6) is 5.75 Å². The van der Waals surface area contributed by atoms with Crippen LogP contribution in [0.1, 0.15) is 25.3 Å². The Bertz CT molecular complexity index is 707. The highest BCUT2D eigenvalue weighted by molar-refractivity contribution is 6.30. The van der Waals surface area contributed by atoms with Crippen molar-refractivity contribution in [2.24, 2.45) is 0 Å². The van der Waals surface area contributed by atoms with Gasteiger partial charge in [-0.15, -0.1) is 12.4 Å². The van der Waals surface area contributed by atoms with E-state index in [1.54, 1.807) is 0 Å². The lowest BCUT2D eigenvalue weighted by molar-refractivity contribution is 0.0900. The Kier molecular flexibility index (Phi) is 4.48. The zero-order valence-corrected chi connectivity index (χ0v) is 14.8. The van der Waals surface area contributed by atoms with E-state index in [1.807, 2.05) is 12.1 Å². The predicted molar refractivity (Wildman–Crippen MR) is 97.6 cm³/mol. The van der Waals surface area contributed by atoms with Crippen molar-refractivity contribution in [3.05, 3.63) is 64.4 Å². The van der Waals surface area contributed by atoms with Gasteiger partial charge in [0.05, 0.1) is 6.54 Å². The first kappa shape index (κ1) is 16.5. The third-order valence-corrected chi connectivity index (χ3v) is 4.93. The molecular weight excluding hydrogens is 329 g/mol. The predicted octanol–water partition coefficient (Wildman–Crippen LogP) is 4.93. The van der Waals surface area contributed by atoms with Crippen LogP contribution in [0.2, 0.25) is 5.02 Å². The maximum Gasteiger partial charge on any atom is 0.156 e. The number of hydrogen-bond acceptors (Lipinski definition) is 2. The number of hydrogen-bond donors (Lipinski definition) is 0. The summed E-state index contributed by atoms with van der Waals surface area (Å²) in [6.07, 6.45) is 12.0. The van der Waals surface area contributed by atoms with E-state index in [9.17, 15) is 0 Å². The standard InChI is InChI=1S/C19H20ClNO.ClH/c1-2-9-21-12-15-5-3-4-6-17(15)19(13-21)11-14-7-8-16(20)10-18(14)22-19;/h3-4,6-8,10,12H,2,5,9,11,13H2,1H3;1H. The maximum atomic E-state index is 6.49. The molecule has 0 radical (unpaired) electrons. The second-order valence-corrected chi connectivity index (χ2v) is 6.80. The number of fused-ring (bicyclic) bond motifs is 3. The van der Waals surface area contributed by atoms with Crippen LogP contribution in [0.3, 0.4) is 0 Å². The number of benzene rings is 1. The lowest BCUT2D eigenvalue weighted by Crippen LogP contribution is -2.50. The van der Waals surface area contributed by atoms with Gasteiger partial charge in [-0.05, 0) is 36.1 Å². The van der Waals surface area contributed by atoms with Crippen LogP contribution in [-0.2, 0) is 6.42 Å². The van der Waals surface area contributed by atoms with Crippen molar-refractivity contribution >= 4 is 24.0 Å². The second kappa shape index (κ2) is 6.26. The smallest absolute Gasteiger partial charge is 0.156 e. The molecule has 0 saturated carbocycles. The highest BCUT2D eigenvalue weighted by atomic mass is 35.5. The molecule has 1 aliphatic carbocycles. The van der Waals surface area contributed by atoms with Crippen LogP contribution < -0.4 is 4.74 Å². The van der Waals surface area contributed by atoms with Crippen LogP contribution in [0.25, 0.3) is 0 Å². The van der Waals surface area contributed by atoms with Crippen molar-refractivity contribution < 1.29 is 4.74 Å². The van der Waals surface area contributed by atoms with Crippen molar-refractivity contribution in [1.82, 2.24) is 4.90 Å². The highest BCUT2D eigenvalue weighted by Gasteiger charge is 2.47. The molecule has 1 aromatic rings. The average Bonchev–Trinajstić information content (AvgIpc) is 2.85. The van der Waals surface area contributed by atoms with Gasteiger partial charge in [0.15, 0.2) is 5.60 Å². The van der Waals surface area contributed by atoms with Gasteiger partial charge in [0.2, 0.25) is 0 Å². The first-order valence-corrected chi connectivity index (χ1v) is 8.38. The minimum Gasteiger partial charge on any atom is -0.480 e. The van der Waals surface area contributed by atoms with E-state index in [-0.39, 0.29) is 18.0 Å². The Balaban J connectivity index is 0.00000156. The van der Waals surface area contributed by atoms with Crippen molar-refractivity contribution in [1.29, 1.82) is 0 Å². The minimum absolute atomic E-state index is 0. The van der Waals surface area contributed by atoms with Gasteiger partial charge >= 0.3 is 0 Å². The molecule has 2 aliphatic heterocycles. The minimum atomic E-state index is -0.253. The molecule has 1 unspecified atom stereocenters. The molecule has 0 saturated heterocycles. The molecule has 0 aromatic heterocycles. The Morgan fingerprint density at radius 1 is 1.35 bits per heavy atom. The van der Waals surface area contributed by atoms with Crippen molar-refractivity contribution in [2.75, 3.05) is 13.1 Å².